The van der Waals surface area contributed by atoms with Crippen molar-refractivity contribution in [1.29, 1.82) is 0 Å². The molecule has 1 aromatic carbocycles. The summed E-state index contributed by atoms with van der Waals surface area (Å²) >= 11 is 0. The Balaban J connectivity index is 2.11. The minimum Gasteiger partial charge on any atom is -0.378 e. The lowest BCUT2D eigenvalue weighted by Crippen LogP contribution is -2.54. The van der Waals surface area contributed by atoms with Crippen molar-refractivity contribution in [3.8, 4) is 0 Å². The molecule has 1 atom stereocenters. The predicted molar refractivity (Wildman–Crippen MR) is 84.4 cm³/mol. The molecule has 1 aromatic rings. The van der Waals surface area contributed by atoms with Crippen molar-refractivity contribution in [3.05, 3.63) is 23.8 Å². The Hall–Kier alpha value is -1.55. The molecule has 1 saturated heterocycles. The number of aryl methyl sites for hydroxylation is 1. The first-order valence-corrected chi connectivity index (χ1v) is 7.27. The van der Waals surface area contributed by atoms with Crippen molar-refractivity contribution >= 4 is 17.3 Å². The van der Waals surface area contributed by atoms with Crippen molar-refractivity contribution in [3.63, 3.8) is 0 Å². The number of nitrogens with one attached hydrogen (secondary N) is 2. The Kier molecular flexibility index (Phi) is 4.33. The molecule has 2 N–H and O–H groups in total. The Morgan fingerprint density at radius 1 is 1.35 bits per heavy atom. The van der Waals surface area contributed by atoms with Crippen LogP contribution in [0.25, 0.3) is 0 Å². The van der Waals surface area contributed by atoms with Crippen LogP contribution in [0.4, 0.5) is 11.4 Å². The van der Waals surface area contributed by atoms with Gasteiger partial charge in [0.2, 0.25) is 5.91 Å². The van der Waals surface area contributed by atoms with Crippen LogP contribution in [0.1, 0.15) is 31.7 Å². The number of hydrogen-bond donors (Lipinski definition) is 2. The molecular formula is C16H25N3O. The fraction of sp³-hybridized carbons (Fsp3) is 0.562. The number of anilines is 2. The topological polar surface area (TPSA) is 44.4 Å². The molecular weight excluding hydrogens is 250 g/mol. The zero-order valence-corrected chi connectivity index (χ0v) is 12.9. The fourth-order valence-corrected chi connectivity index (χ4v) is 2.58. The van der Waals surface area contributed by atoms with E-state index < -0.39 is 5.54 Å². The second-order valence-electron chi connectivity index (χ2n) is 6.06. The lowest BCUT2D eigenvalue weighted by atomic mass is 9.90. The summed E-state index contributed by atoms with van der Waals surface area (Å²) in [5.74, 6) is 0.0675. The normalized spacial score (nSPS) is 22.4. The van der Waals surface area contributed by atoms with Crippen LogP contribution in [0, 0.1) is 6.92 Å². The summed E-state index contributed by atoms with van der Waals surface area (Å²) in [6.07, 6.45) is 3.16. The SMILES string of the molecule is Cc1cc(N(C)C)ccc1NC(=O)C1(C)CCCCN1. The molecule has 110 valence electrons. The molecule has 0 saturated carbocycles. The molecule has 0 spiro atoms. The number of piperidine rings is 1. The zero-order chi connectivity index (χ0) is 14.8. The van der Waals surface area contributed by atoms with E-state index in [1.807, 2.05) is 40.1 Å². The van der Waals surface area contributed by atoms with Crippen molar-refractivity contribution in [2.75, 3.05) is 30.9 Å². The summed E-state index contributed by atoms with van der Waals surface area (Å²) in [5.41, 5.74) is 2.69. The minimum atomic E-state index is -0.440. The van der Waals surface area contributed by atoms with Gasteiger partial charge in [0.25, 0.3) is 0 Å². The van der Waals surface area contributed by atoms with Crippen LogP contribution in [0.2, 0.25) is 0 Å². The highest BCUT2D eigenvalue weighted by molar-refractivity contribution is 5.98. The zero-order valence-electron chi connectivity index (χ0n) is 12.9. The third kappa shape index (κ3) is 3.12. The predicted octanol–water partition coefficient (Wildman–Crippen LogP) is 2.53. The standard InChI is InChI=1S/C16H25N3O/c1-12-11-13(19(3)4)7-8-14(12)18-15(20)16(2)9-5-6-10-17-16/h7-8,11,17H,5-6,9-10H2,1-4H3,(H,18,20). The van der Waals surface area contributed by atoms with E-state index in [0.29, 0.717) is 0 Å². The van der Waals surface area contributed by atoms with Gasteiger partial charge >= 0.3 is 0 Å². The quantitative estimate of drug-likeness (QED) is 0.891. The lowest BCUT2D eigenvalue weighted by Gasteiger charge is -2.33. The van der Waals surface area contributed by atoms with Crippen molar-refractivity contribution in [2.24, 2.45) is 0 Å². The molecule has 0 aromatic heterocycles. The van der Waals surface area contributed by atoms with E-state index in [1.165, 1.54) is 0 Å². The first kappa shape index (κ1) is 14.9. The molecule has 1 unspecified atom stereocenters. The molecule has 1 fully saturated rings. The van der Waals surface area contributed by atoms with Crippen molar-refractivity contribution in [2.45, 2.75) is 38.6 Å². The molecule has 0 aliphatic carbocycles. The molecule has 4 heteroatoms. The van der Waals surface area contributed by atoms with Crippen LogP contribution in [0.15, 0.2) is 18.2 Å². The molecule has 2 rings (SSSR count). The molecule has 0 bridgehead atoms. The van der Waals surface area contributed by atoms with Gasteiger partial charge in [0.15, 0.2) is 0 Å². The molecule has 1 aliphatic rings. The Bertz CT molecular complexity index is 490. The summed E-state index contributed by atoms with van der Waals surface area (Å²) < 4.78 is 0. The van der Waals surface area contributed by atoms with Gasteiger partial charge in [-0.05, 0) is 63.4 Å². The Labute approximate surface area is 121 Å². The highest BCUT2D eigenvalue weighted by Gasteiger charge is 2.34. The van der Waals surface area contributed by atoms with E-state index in [2.05, 4.69) is 21.6 Å². The maximum atomic E-state index is 12.5. The smallest absolute Gasteiger partial charge is 0.244 e. The van der Waals surface area contributed by atoms with E-state index in [4.69, 9.17) is 0 Å². The van der Waals surface area contributed by atoms with E-state index in [1.54, 1.807) is 0 Å². The van der Waals surface area contributed by atoms with Crippen LogP contribution < -0.4 is 15.5 Å². The van der Waals surface area contributed by atoms with E-state index in [9.17, 15) is 4.79 Å². The number of amides is 1. The van der Waals surface area contributed by atoms with Crippen LogP contribution in [-0.4, -0.2) is 32.1 Å². The van der Waals surface area contributed by atoms with E-state index in [0.717, 1.165) is 42.7 Å². The average molecular weight is 275 g/mol. The number of benzene rings is 1. The molecule has 1 heterocycles. The molecule has 20 heavy (non-hydrogen) atoms. The largest absolute Gasteiger partial charge is 0.378 e. The molecule has 1 aliphatic heterocycles. The van der Waals surface area contributed by atoms with Gasteiger partial charge < -0.3 is 15.5 Å². The molecule has 0 radical (unpaired) electrons. The Morgan fingerprint density at radius 3 is 2.65 bits per heavy atom. The fourth-order valence-electron chi connectivity index (χ4n) is 2.58. The van der Waals surface area contributed by atoms with Gasteiger partial charge in [-0.25, -0.2) is 0 Å². The highest BCUT2D eigenvalue weighted by atomic mass is 16.2. The molecule has 1 amide bonds. The lowest BCUT2D eigenvalue weighted by molar-refractivity contribution is -0.122. The first-order chi connectivity index (χ1) is 9.42. The average Bonchev–Trinajstić information content (AvgIpc) is 2.41. The van der Waals surface area contributed by atoms with E-state index >= 15 is 0 Å². The Morgan fingerprint density at radius 2 is 2.10 bits per heavy atom. The third-order valence-corrected chi connectivity index (χ3v) is 4.09. The summed E-state index contributed by atoms with van der Waals surface area (Å²) in [7, 11) is 4.03. The minimum absolute atomic E-state index is 0.0675. The summed E-state index contributed by atoms with van der Waals surface area (Å²) in [6.45, 7) is 4.94. The van der Waals surface area contributed by atoms with Gasteiger partial charge in [0.1, 0.15) is 0 Å². The number of carbonyl (C=O) groups excluding carboxylic acids is 1. The van der Waals surface area contributed by atoms with Gasteiger partial charge in [0, 0.05) is 25.5 Å². The summed E-state index contributed by atoms with van der Waals surface area (Å²) in [6, 6.07) is 6.10. The number of nitrogens with zero attached hydrogens (tertiary/aromatic N) is 1. The van der Waals surface area contributed by atoms with Crippen LogP contribution in [-0.2, 0) is 4.79 Å². The van der Waals surface area contributed by atoms with Gasteiger partial charge in [-0.15, -0.1) is 0 Å². The number of rotatable bonds is 3. The van der Waals surface area contributed by atoms with Crippen molar-refractivity contribution < 1.29 is 4.79 Å². The molecule has 4 nitrogen and oxygen atoms in total. The number of hydrogen-bond acceptors (Lipinski definition) is 3. The second-order valence-corrected chi connectivity index (χ2v) is 6.06. The highest BCUT2D eigenvalue weighted by Crippen LogP contribution is 2.24. The summed E-state index contributed by atoms with van der Waals surface area (Å²) in [5, 5.41) is 6.41. The maximum Gasteiger partial charge on any atom is 0.244 e. The number of carbonyl (C=O) groups is 1. The van der Waals surface area contributed by atoms with Gasteiger partial charge in [0.05, 0.1) is 5.54 Å². The van der Waals surface area contributed by atoms with Gasteiger partial charge in [-0.2, -0.15) is 0 Å². The van der Waals surface area contributed by atoms with Gasteiger partial charge in [-0.1, -0.05) is 0 Å². The van der Waals surface area contributed by atoms with Crippen LogP contribution in [0.3, 0.4) is 0 Å². The third-order valence-electron chi connectivity index (χ3n) is 4.09. The van der Waals surface area contributed by atoms with Crippen LogP contribution >= 0.6 is 0 Å². The van der Waals surface area contributed by atoms with Crippen molar-refractivity contribution in [1.82, 2.24) is 5.32 Å². The van der Waals surface area contributed by atoms with Crippen LogP contribution in [0.5, 0.6) is 0 Å². The first-order valence-electron chi connectivity index (χ1n) is 7.27. The maximum absolute atomic E-state index is 12.5. The van der Waals surface area contributed by atoms with Gasteiger partial charge in [-0.3, -0.25) is 4.79 Å². The van der Waals surface area contributed by atoms with E-state index in [-0.39, 0.29) is 5.91 Å². The summed E-state index contributed by atoms with van der Waals surface area (Å²) in [4.78, 5) is 14.5. The second kappa shape index (κ2) is 5.83. The monoisotopic (exact) mass is 275 g/mol.